The van der Waals surface area contributed by atoms with E-state index in [2.05, 4.69) is 33.7 Å². The van der Waals surface area contributed by atoms with E-state index in [9.17, 15) is 0 Å². The van der Waals surface area contributed by atoms with Crippen LogP contribution in [0.4, 0.5) is 0 Å². The zero-order chi connectivity index (χ0) is 10.8. The summed E-state index contributed by atoms with van der Waals surface area (Å²) in [7, 11) is 0. The highest BCUT2D eigenvalue weighted by Gasteiger charge is 2.15. The highest BCUT2D eigenvalue weighted by molar-refractivity contribution is 5.81. The first-order valence-corrected chi connectivity index (χ1v) is 6.09. The van der Waals surface area contributed by atoms with Crippen LogP contribution in [0.2, 0.25) is 0 Å². The van der Waals surface area contributed by atoms with Crippen molar-refractivity contribution in [3.05, 3.63) is 30.0 Å². The van der Waals surface area contributed by atoms with Crippen molar-refractivity contribution in [1.29, 1.82) is 0 Å². The average Bonchev–Trinajstić information content (AvgIpc) is 2.74. The molecule has 3 nitrogen and oxygen atoms in total. The van der Waals surface area contributed by atoms with Gasteiger partial charge >= 0.3 is 0 Å². The van der Waals surface area contributed by atoms with E-state index in [0.717, 1.165) is 18.5 Å². The molecule has 2 heterocycles. The summed E-state index contributed by atoms with van der Waals surface area (Å²) in [5.41, 5.74) is 2.35. The van der Waals surface area contributed by atoms with E-state index in [0.29, 0.717) is 6.04 Å². The van der Waals surface area contributed by atoms with Crippen LogP contribution < -0.4 is 5.32 Å². The SMILES string of the molecule is c1ccc2c(CC3CCCCN3)[nH]nc2c1. The molecular weight excluding hydrogens is 198 g/mol. The minimum Gasteiger partial charge on any atom is -0.314 e. The molecule has 0 amide bonds. The van der Waals surface area contributed by atoms with Gasteiger partial charge in [-0.1, -0.05) is 24.6 Å². The topological polar surface area (TPSA) is 40.7 Å². The number of aromatic nitrogens is 2. The molecule has 84 valence electrons. The maximum absolute atomic E-state index is 4.33. The smallest absolute Gasteiger partial charge is 0.0923 e. The fraction of sp³-hybridized carbons (Fsp3) is 0.462. The Hall–Kier alpha value is -1.35. The number of para-hydroxylation sites is 1. The Morgan fingerprint density at radius 2 is 2.19 bits per heavy atom. The van der Waals surface area contributed by atoms with Crippen LogP contribution in [0.25, 0.3) is 10.9 Å². The van der Waals surface area contributed by atoms with Gasteiger partial charge in [0, 0.05) is 23.5 Å². The lowest BCUT2D eigenvalue weighted by atomic mass is 9.99. The van der Waals surface area contributed by atoms with E-state index in [1.54, 1.807) is 0 Å². The van der Waals surface area contributed by atoms with Gasteiger partial charge in [0.15, 0.2) is 0 Å². The number of aromatic amines is 1. The van der Waals surface area contributed by atoms with E-state index < -0.39 is 0 Å². The summed E-state index contributed by atoms with van der Waals surface area (Å²) in [6.07, 6.45) is 5.03. The standard InChI is InChI=1S/C13H17N3/c1-2-7-12-11(6-1)13(16-15-12)9-10-5-3-4-8-14-10/h1-2,6-7,10,14H,3-5,8-9H2,(H,15,16). The van der Waals surface area contributed by atoms with Crippen molar-refractivity contribution >= 4 is 10.9 Å². The van der Waals surface area contributed by atoms with E-state index in [1.165, 1.54) is 30.3 Å². The van der Waals surface area contributed by atoms with Crippen LogP contribution in [0.3, 0.4) is 0 Å². The first-order valence-electron chi connectivity index (χ1n) is 6.09. The molecule has 0 aliphatic carbocycles. The molecule has 1 aliphatic rings. The van der Waals surface area contributed by atoms with Crippen molar-refractivity contribution in [2.75, 3.05) is 6.54 Å². The number of nitrogens with zero attached hydrogens (tertiary/aromatic N) is 1. The number of H-pyrrole nitrogens is 1. The zero-order valence-corrected chi connectivity index (χ0v) is 9.37. The van der Waals surface area contributed by atoms with Gasteiger partial charge in [-0.3, -0.25) is 5.10 Å². The summed E-state index contributed by atoms with van der Waals surface area (Å²) in [5.74, 6) is 0. The molecule has 1 aromatic heterocycles. The van der Waals surface area contributed by atoms with Crippen molar-refractivity contribution in [1.82, 2.24) is 15.5 Å². The van der Waals surface area contributed by atoms with Crippen LogP contribution in [-0.4, -0.2) is 22.8 Å². The number of fused-ring (bicyclic) bond motifs is 1. The van der Waals surface area contributed by atoms with E-state index >= 15 is 0 Å². The van der Waals surface area contributed by atoms with Gasteiger partial charge in [-0.15, -0.1) is 0 Å². The highest BCUT2D eigenvalue weighted by atomic mass is 15.1. The van der Waals surface area contributed by atoms with Gasteiger partial charge in [-0.05, 0) is 25.5 Å². The molecule has 1 saturated heterocycles. The molecule has 2 N–H and O–H groups in total. The van der Waals surface area contributed by atoms with Gasteiger partial charge < -0.3 is 5.32 Å². The quantitative estimate of drug-likeness (QED) is 0.806. The van der Waals surface area contributed by atoms with E-state index in [-0.39, 0.29) is 0 Å². The molecule has 1 fully saturated rings. The van der Waals surface area contributed by atoms with Crippen LogP contribution in [0.1, 0.15) is 25.0 Å². The molecule has 1 unspecified atom stereocenters. The molecule has 16 heavy (non-hydrogen) atoms. The minimum atomic E-state index is 0.623. The monoisotopic (exact) mass is 215 g/mol. The van der Waals surface area contributed by atoms with Gasteiger partial charge in [-0.2, -0.15) is 5.10 Å². The van der Waals surface area contributed by atoms with Gasteiger partial charge in [0.1, 0.15) is 0 Å². The van der Waals surface area contributed by atoms with Gasteiger partial charge in [0.25, 0.3) is 0 Å². The summed E-state index contributed by atoms with van der Waals surface area (Å²) in [6, 6.07) is 8.94. The van der Waals surface area contributed by atoms with Crippen LogP contribution >= 0.6 is 0 Å². The molecule has 1 aliphatic heterocycles. The second-order valence-corrected chi connectivity index (χ2v) is 4.57. The first-order chi connectivity index (χ1) is 7.93. The average molecular weight is 215 g/mol. The molecule has 0 spiro atoms. The summed E-state index contributed by atoms with van der Waals surface area (Å²) >= 11 is 0. The van der Waals surface area contributed by atoms with Crippen molar-refractivity contribution < 1.29 is 0 Å². The minimum absolute atomic E-state index is 0.623. The third-order valence-corrected chi connectivity index (χ3v) is 3.40. The predicted molar refractivity (Wildman–Crippen MR) is 65.4 cm³/mol. The van der Waals surface area contributed by atoms with E-state index in [1.807, 2.05) is 6.07 Å². The number of nitrogens with one attached hydrogen (secondary N) is 2. The molecule has 3 rings (SSSR count). The normalized spacial score (nSPS) is 21.4. The van der Waals surface area contributed by atoms with Crippen LogP contribution in [0, 0.1) is 0 Å². The maximum atomic E-state index is 4.33. The number of benzene rings is 1. The molecule has 1 atom stereocenters. The number of rotatable bonds is 2. The number of hydrogen-bond acceptors (Lipinski definition) is 2. The Balaban J connectivity index is 1.83. The Labute approximate surface area is 95.2 Å². The van der Waals surface area contributed by atoms with Gasteiger partial charge in [0.2, 0.25) is 0 Å². The second kappa shape index (κ2) is 4.26. The second-order valence-electron chi connectivity index (χ2n) is 4.57. The van der Waals surface area contributed by atoms with Crippen LogP contribution in [0.15, 0.2) is 24.3 Å². The lowest BCUT2D eigenvalue weighted by Crippen LogP contribution is -2.35. The molecule has 3 heteroatoms. The Kier molecular flexibility index (Phi) is 2.62. The molecular formula is C13H17N3. The number of hydrogen-bond donors (Lipinski definition) is 2. The Bertz CT molecular complexity index is 469. The summed E-state index contributed by atoms with van der Waals surface area (Å²) in [5, 5.41) is 12.3. The summed E-state index contributed by atoms with van der Waals surface area (Å²) in [4.78, 5) is 0. The van der Waals surface area contributed by atoms with E-state index in [4.69, 9.17) is 0 Å². The van der Waals surface area contributed by atoms with Crippen LogP contribution in [-0.2, 0) is 6.42 Å². The fourth-order valence-electron chi connectivity index (χ4n) is 2.51. The van der Waals surface area contributed by atoms with Crippen molar-refractivity contribution in [3.63, 3.8) is 0 Å². The molecule has 0 bridgehead atoms. The summed E-state index contributed by atoms with van der Waals surface area (Å²) < 4.78 is 0. The zero-order valence-electron chi connectivity index (χ0n) is 9.37. The fourth-order valence-corrected chi connectivity index (χ4v) is 2.51. The molecule has 0 saturated carbocycles. The maximum Gasteiger partial charge on any atom is 0.0923 e. The summed E-state index contributed by atoms with van der Waals surface area (Å²) in [6.45, 7) is 1.16. The predicted octanol–water partition coefficient (Wildman–Crippen LogP) is 2.25. The highest BCUT2D eigenvalue weighted by Crippen LogP contribution is 2.19. The molecule has 1 aromatic carbocycles. The lowest BCUT2D eigenvalue weighted by Gasteiger charge is -2.22. The Morgan fingerprint density at radius 3 is 3.06 bits per heavy atom. The van der Waals surface area contributed by atoms with Crippen molar-refractivity contribution in [2.24, 2.45) is 0 Å². The molecule has 0 radical (unpaired) electrons. The van der Waals surface area contributed by atoms with Gasteiger partial charge in [-0.25, -0.2) is 0 Å². The molecule has 2 aromatic rings. The van der Waals surface area contributed by atoms with Crippen LogP contribution in [0.5, 0.6) is 0 Å². The van der Waals surface area contributed by atoms with Gasteiger partial charge in [0.05, 0.1) is 5.52 Å². The Morgan fingerprint density at radius 1 is 1.25 bits per heavy atom. The third-order valence-electron chi connectivity index (χ3n) is 3.40. The third kappa shape index (κ3) is 1.83. The first kappa shape index (κ1) is 9.85. The largest absolute Gasteiger partial charge is 0.314 e. The van der Waals surface area contributed by atoms with Crippen molar-refractivity contribution in [3.8, 4) is 0 Å². The van der Waals surface area contributed by atoms with Crippen molar-refractivity contribution in [2.45, 2.75) is 31.7 Å². The number of piperidine rings is 1. The lowest BCUT2D eigenvalue weighted by molar-refractivity contribution is 0.397.